The average molecular weight is 537 g/mol. The van der Waals surface area contributed by atoms with Crippen LogP contribution in [0.1, 0.15) is 55.0 Å². The standard InChI is InChI=1S/C29H30ClFN4O3/c1-4-38-28(37)20-16-34(14-12-19(20)23-7-5-6-13-32-23)27(36)24-10-11-25-26(33-24)29(2,3)17-35(25)18-8-9-21(30)22(31)15-18/h5-11,13,15,19-20H,4,12,14,16-17H2,1-3H3. The van der Waals surface area contributed by atoms with Gasteiger partial charge in [0.15, 0.2) is 0 Å². The van der Waals surface area contributed by atoms with Gasteiger partial charge in [-0.2, -0.15) is 0 Å². The predicted octanol–water partition coefficient (Wildman–Crippen LogP) is 5.51. The molecular formula is C29H30ClFN4O3. The van der Waals surface area contributed by atoms with E-state index in [0.717, 1.165) is 17.1 Å². The van der Waals surface area contributed by atoms with E-state index in [-0.39, 0.29) is 41.4 Å². The Morgan fingerprint density at radius 2 is 2.00 bits per heavy atom. The molecule has 2 unspecified atom stereocenters. The van der Waals surface area contributed by atoms with Crippen molar-refractivity contribution in [1.82, 2.24) is 14.9 Å². The zero-order chi connectivity index (χ0) is 27.0. The number of pyridine rings is 2. The van der Waals surface area contributed by atoms with Gasteiger partial charge >= 0.3 is 5.97 Å². The van der Waals surface area contributed by atoms with Crippen molar-refractivity contribution >= 4 is 34.9 Å². The van der Waals surface area contributed by atoms with Crippen LogP contribution in [0.4, 0.5) is 15.8 Å². The fraction of sp³-hybridized carbons (Fsp3) is 0.379. The highest BCUT2D eigenvalue weighted by Crippen LogP contribution is 2.44. The molecule has 38 heavy (non-hydrogen) atoms. The van der Waals surface area contributed by atoms with Gasteiger partial charge in [-0.25, -0.2) is 9.37 Å². The molecule has 7 nitrogen and oxygen atoms in total. The number of benzene rings is 1. The number of anilines is 2. The van der Waals surface area contributed by atoms with Crippen molar-refractivity contribution in [2.45, 2.75) is 38.5 Å². The highest BCUT2D eigenvalue weighted by molar-refractivity contribution is 6.30. The number of carbonyl (C=O) groups excluding carboxylic acids is 2. The van der Waals surface area contributed by atoms with Gasteiger partial charge in [0.25, 0.3) is 5.91 Å². The van der Waals surface area contributed by atoms with Gasteiger partial charge in [0.2, 0.25) is 0 Å². The maximum Gasteiger partial charge on any atom is 0.311 e. The molecule has 2 aliphatic heterocycles. The lowest BCUT2D eigenvalue weighted by atomic mass is 9.82. The van der Waals surface area contributed by atoms with E-state index in [0.29, 0.717) is 30.9 Å². The first kappa shape index (κ1) is 26.1. The Kier molecular flexibility index (Phi) is 7.09. The lowest BCUT2D eigenvalue weighted by Crippen LogP contribution is -2.46. The average Bonchev–Trinajstić information content (AvgIpc) is 3.20. The number of piperidine rings is 1. The normalized spacial score (nSPS) is 20.2. The molecular weight excluding hydrogens is 507 g/mol. The number of aromatic nitrogens is 2. The molecule has 2 aromatic heterocycles. The third-order valence-corrected chi connectivity index (χ3v) is 7.66. The van der Waals surface area contributed by atoms with E-state index < -0.39 is 11.7 Å². The minimum atomic E-state index is -0.510. The maximum absolute atomic E-state index is 14.2. The molecule has 0 aliphatic carbocycles. The number of likely N-dealkylation sites (tertiary alicyclic amines) is 1. The van der Waals surface area contributed by atoms with Crippen LogP contribution >= 0.6 is 11.6 Å². The van der Waals surface area contributed by atoms with E-state index in [4.69, 9.17) is 21.3 Å². The molecule has 1 amide bonds. The molecule has 0 bridgehead atoms. The van der Waals surface area contributed by atoms with Crippen LogP contribution in [0.5, 0.6) is 0 Å². The monoisotopic (exact) mass is 536 g/mol. The molecule has 3 aromatic rings. The van der Waals surface area contributed by atoms with Crippen LogP contribution in [-0.2, 0) is 14.9 Å². The second-order valence-electron chi connectivity index (χ2n) is 10.4. The molecule has 198 valence electrons. The molecule has 1 aromatic carbocycles. The van der Waals surface area contributed by atoms with Crippen LogP contribution in [0.15, 0.2) is 54.7 Å². The smallest absolute Gasteiger partial charge is 0.311 e. The van der Waals surface area contributed by atoms with Gasteiger partial charge < -0.3 is 14.5 Å². The highest BCUT2D eigenvalue weighted by atomic mass is 35.5. The van der Waals surface area contributed by atoms with Crippen LogP contribution in [0.3, 0.4) is 0 Å². The van der Waals surface area contributed by atoms with E-state index >= 15 is 0 Å². The lowest BCUT2D eigenvalue weighted by Gasteiger charge is -2.37. The van der Waals surface area contributed by atoms with Gasteiger partial charge in [0.1, 0.15) is 11.5 Å². The van der Waals surface area contributed by atoms with Crippen molar-refractivity contribution in [3.63, 3.8) is 0 Å². The number of esters is 1. The number of carbonyl (C=O) groups is 2. The number of ether oxygens (including phenoxy) is 1. The summed E-state index contributed by atoms with van der Waals surface area (Å²) in [5, 5.41) is 0.0689. The Morgan fingerprint density at radius 3 is 2.71 bits per heavy atom. The number of fused-ring (bicyclic) bond motifs is 1. The zero-order valence-electron chi connectivity index (χ0n) is 21.7. The van der Waals surface area contributed by atoms with Crippen LogP contribution in [0.25, 0.3) is 0 Å². The number of nitrogens with zero attached hydrogens (tertiary/aromatic N) is 4. The molecule has 1 saturated heterocycles. The van der Waals surface area contributed by atoms with E-state index in [1.54, 1.807) is 30.2 Å². The molecule has 9 heteroatoms. The molecule has 5 rings (SSSR count). The summed E-state index contributed by atoms with van der Waals surface area (Å²) >= 11 is 5.88. The molecule has 0 radical (unpaired) electrons. The summed E-state index contributed by atoms with van der Waals surface area (Å²) in [5.41, 5.74) is 3.04. The molecule has 0 spiro atoms. The van der Waals surface area contributed by atoms with Gasteiger partial charge in [-0.1, -0.05) is 31.5 Å². The zero-order valence-corrected chi connectivity index (χ0v) is 22.4. The SMILES string of the molecule is CCOC(=O)C1CN(C(=O)c2ccc3c(n2)C(C)(C)CN3c2ccc(Cl)c(F)c2)CCC1c1ccccn1. The van der Waals surface area contributed by atoms with Crippen LogP contribution in [0.2, 0.25) is 5.02 Å². The summed E-state index contributed by atoms with van der Waals surface area (Å²) < 4.78 is 19.6. The third-order valence-electron chi connectivity index (χ3n) is 7.35. The summed E-state index contributed by atoms with van der Waals surface area (Å²) in [5.74, 6) is -1.67. The van der Waals surface area contributed by atoms with Gasteiger partial charge in [0, 0.05) is 48.5 Å². The van der Waals surface area contributed by atoms with Gasteiger partial charge in [-0.3, -0.25) is 14.6 Å². The molecule has 0 N–H and O–H groups in total. The molecule has 2 aliphatic rings. The Balaban J connectivity index is 1.41. The van der Waals surface area contributed by atoms with Crippen molar-refractivity contribution < 1.29 is 18.7 Å². The molecule has 4 heterocycles. The summed E-state index contributed by atoms with van der Waals surface area (Å²) in [6.07, 6.45) is 2.31. The Bertz CT molecular complexity index is 1370. The summed E-state index contributed by atoms with van der Waals surface area (Å²) in [7, 11) is 0. The summed E-state index contributed by atoms with van der Waals surface area (Å²) in [4.78, 5) is 39.5. The summed E-state index contributed by atoms with van der Waals surface area (Å²) in [6, 6.07) is 13.9. The van der Waals surface area contributed by atoms with Crippen molar-refractivity contribution in [1.29, 1.82) is 0 Å². The fourth-order valence-electron chi connectivity index (χ4n) is 5.46. The van der Waals surface area contributed by atoms with E-state index in [1.165, 1.54) is 12.1 Å². The van der Waals surface area contributed by atoms with Crippen LogP contribution < -0.4 is 4.90 Å². The first-order valence-corrected chi connectivity index (χ1v) is 13.2. The van der Waals surface area contributed by atoms with Crippen molar-refractivity contribution in [3.8, 4) is 0 Å². The van der Waals surface area contributed by atoms with Gasteiger partial charge in [-0.15, -0.1) is 0 Å². The third kappa shape index (κ3) is 4.85. The Labute approximate surface area is 226 Å². The number of hydrogen-bond donors (Lipinski definition) is 0. The second kappa shape index (κ2) is 10.3. The number of rotatable bonds is 5. The second-order valence-corrected chi connectivity index (χ2v) is 10.8. The Hall–Kier alpha value is -3.52. The largest absolute Gasteiger partial charge is 0.466 e. The van der Waals surface area contributed by atoms with Crippen molar-refractivity contribution in [2.75, 3.05) is 31.1 Å². The number of amides is 1. The first-order chi connectivity index (χ1) is 18.2. The predicted molar refractivity (Wildman–Crippen MR) is 143 cm³/mol. The lowest BCUT2D eigenvalue weighted by molar-refractivity contribution is -0.150. The topological polar surface area (TPSA) is 75.6 Å². The molecule has 0 saturated carbocycles. The quantitative estimate of drug-likeness (QED) is 0.400. The minimum absolute atomic E-state index is 0.0689. The van der Waals surface area contributed by atoms with Crippen LogP contribution in [0, 0.1) is 11.7 Å². The maximum atomic E-state index is 14.2. The Morgan fingerprint density at radius 1 is 1.18 bits per heavy atom. The number of halogens is 2. The summed E-state index contributed by atoms with van der Waals surface area (Å²) in [6.45, 7) is 7.44. The number of hydrogen-bond acceptors (Lipinski definition) is 6. The van der Waals surface area contributed by atoms with Gasteiger partial charge in [0.05, 0.1) is 28.9 Å². The van der Waals surface area contributed by atoms with E-state index in [2.05, 4.69) is 18.8 Å². The highest BCUT2D eigenvalue weighted by Gasteiger charge is 2.41. The van der Waals surface area contributed by atoms with E-state index in [1.807, 2.05) is 29.2 Å². The molecule has 1 fully saturated rings. The fourth-order valence-corrected chi connectivity index (χ4v) is 5.58. The first-order valence-electron chi connectivity index (χ1n) is 12.8. The van der Waals surface area contributed by atoms with Crippen LogP contribution in [-0.4, -0.2) is 53.0 Å². The molecule has 2 atom stereocenters. The van der Waals surface area contributed by atoms with E-state index in [9.17, 15) is 14.0 Å². The van der Waals surface area contributed by atoms with Crippen molar-refractivity contribution in [2.24, 2.45) is 5.92 Å². The minimum Gasteiger partial charge on any atom is -0.466 e. The van der Waals surface area contributed by atoms with Gasteiger partial charge in [-0.05, 0) is 55.8 Å². The van der Waals surface area contributed by atoms with Crippen molar-refractivity contribution in [3.05, 3.63) is 82.6 Å².